The number of ether oxygens (including phenoxy) is 2. The Kier molecular flexibility index (Phi) is 2.78. The summed E-state index contributed by atoms with van der Waals surface area (Å²) < 4.78 is 13.8. The highest BCUT2D eigenvalue weighted by Crippen LogP contribution is 2.43. The van der Waals surface area contributed by atoms with Crippen LogP contribution < -0.4 is 20.5 Å². The highest BCUT2D eigenvalue weighted by molar-refractivity contribution is 9.10. The number of aliphatic imine (C=N–C) groups is 1. The van der Waals surface area contributed by atoms with Crippen LogP contribution in [0.5, 0.6) is 11.5 Å². The predicted octanol–water partition coefficient (Wildman–Crippen LogP) is 2.81. The maximum absolute atomic E-state index is 5.97. The number of rotatable bonds is 1. The summed E-state index contributed by atoms with van der Waals surface area (Å²) in [6.45, 7) is 0.217. The first-order valence-electron chi connectivity index (χ1n) is 7.37. The van der Waals surface area contributed by atoms with Gasteiger partial charge in [0.2, 0.25) is 12.7 Å². The average molecular weight is 386 g/mol. The number of para-hydroxylation sites is 2. The monoisotopic (exact) mass is 385 g/mol. The molecule has 2 aliphatic heterocycles. The van der Waals surface area contributed by atoms with E-state index in [4.69, 9.17) is 15.2 Å². The number of benzene rings is 2. The molecule has 3 N–H and O–H groups in total. The van der Waals surface area contributed by atoms with Gasteiger partial charge in [-0.15, -0.1) is 0 Å². The van der Waals surface area contributed by atoms with Gasteiger partial charge in [-0.05, 0) is 40.2 Å². The van der Waals surface area contributed by atoms with Crippen LogP contribution >= 0.6 is 15.9 Å². The van der Waals surface area contributed by atoms with Gasteiger partial charge < -0.3 is 15.2 Å². The molecule has 0 saturated heterocycles. The fourth-order valence-corrected chi connectivity index (χ4v) is 3.65. The maximum Gasteiger partial charge on any atom is 0.231 e. The lowest BCUT2D eigenvalue weighted by molar-refractivity contribution is 0.173. The van der Waals surface area contributed by atoms with Gasteiger partial charge in [-0.25, -0.2) is 9.98 Å². The fraction of sp³-hybridized carbons (Fsp3) is 0.125. The molecule has 2 aromatic carbocycles. The first kappa shape index (κ1) is 13.7. The molecule has 0 radical (unpaired) electrons. The van der Waals surface area contributed by atoms with Crippen molar-refractivity contribution >= 4 is 38.9 Å². The van der Waals surface area contributed by atoms with Gasteiger partial charge in [0.05, 0.1) is 15.5 Å². The SMILES string of the molecule is NC1=NC(c2cc(Br)c3c(c2)OCO3)n2c(nc3ccccc32)N1. The van der Waals surface area contributed by atoms with Gasteiger partial charge in [0.15, 0.2) is 23.6 Å². The Morgan fingerprint density at radius 1 is 1.25 bits per heavy atom. The Morgan fingerprint density at radius 2 is 2.12 bits per heavy atom. The van der Waals surface area contributed by atoms with E-state index in [2.05, 4.69) is 31.2 Å². The number of nitrogens with one attached hydrogen (secondary N) is 1. The molecule has 5 rings (SSSR count). The molecule has 1 atom stereocenters. The van der Waals surface area contributed by atoms with Gasteiger partial charge in [-0.1, -0.05) is 12.1 Å². The Hall–Kier alpha value is -2.74. The van der Waals surface area contributed by atoms with Gasteiger partial charge in [0.25, 0.3) is 0 Å². The quantitative estimate of drug-likeness (QED) is 0.672. The molecule has 0 bridgehead atoms. The third-order valence-electron chi connectivity index (χ3n) is 4.09. The molecule has 3 aromatic rings. The van der Waals surface area contributed by atoms with E-state index in [1.165, 1.54) is 0 Å². The van der Waals surface area contributed by atoms with E-state index in [0.717, 1.165) is 21.1 Å². The summed E-state index contributed by atoms with van der Waals surface area (Å²) in [4.78, 5) is 9.17. The van der Waals surface area contributed by atoms with Crippen LogP contribution in [-0.4, -0.2) is 22.3 Å². The van der Waals surface area contributed by atoms with Crippen LogP contribution in [0.3, 0.4) is 0 Å². The minimum absolute atomic E-state index is 0.217. The summed E-state index contributed by atoms with van der Waals surface area (Å²) in [7, 11) is 0. The summed E-state index contributed by atoms with van der Waals surface area (Å²) in [5.41, 5.74) is 8.76. The van der Waals surface area contributed by atoms with Crippen LogP contribution in [0, 0.1) is 0 Å². The second kappa shape index (κ2) is 4.88. The van der Waals surface area contributed by atoms with Crippen LogP contribution in [0.2, 0.25) is 0 Å². The number of hydrogen-bond donors (Lipinski definition) is 2. The van der Waals surface area contributed by atoms with Gasteiger partial charge >= 0.3 is 0 Å². The molecule has 1 unspecified atom stereocenters. The van der Waals surface area contributed by atoms with E-state index in [1.54, 1.807) is 0 Å². The lowest BCUT2D eigenvalue weighted by Crippen LogP contribution is -2.31. The van der Waals surface area contributed by atoms with Crippen molar-refractivity contribution < 1.29 is 9.47 Å². The molecule has 8 heteroatoms. The molecule has 0 amide bonds. The van der Waals surface area contributed by atoms with Gasteiger partial charge in [0, 0.05) is 5.56 Å². The van der Waals surface area contributed by atoms with Crippen LogP contribution in [0.1, 0.15) is 11.7 Å². The van der Waals surface area contributed by atoms with Crippen LogP contribution in [0.4, 0.5) is 5.95 Å². The zero-order valence-corrected chi connectivity index (χ0v) is 13.9. The van der Waals surface area contributed by atoms with E-state index in [1.807, 2.05) is 41.0 Å². The van der Waals surface area contributed by atoms with Crippen molar-refractivity contribution in [2.24, 2.45) is 10.7 Å². The summed E-state index contributed by atoms with van der Waals surface area (Å²) in [5, 5.41) is 3.03. The standard InChI is InChI=1S/C16H12BrN5O2/c17-9-5-8(6-12-13(9)24-7-23-12)14-20-15(18)21-16-19-10-3-1-2-4-11(10)22(14)16/h1-6,14H,7H2,(H3,18,19,20,21). The first-order chi connectivity index (χ1) is 11.7. The average Bonchev–Trinajstić information content (AvgIpc) is 3.17. The number of nitrogens with zero attached hydrogens (tertiary/aromatic N) is 3. The van der Waals surface area contributed by atoms with E-state index >= 15 is 0 Å². The topological polar surface area (TPSA) is 86.7 Å². The molecule has 3 heterocycles. The molecule has 2 aliphatic rings. The lowest BCUT2D eigenvalue weighted by atomic mass is 10.1. The van der Waals surface area contributed by atoms with Gasteiger partial charge in [0.1, 0.15) is 0 Å². The number of hydrogen-bond acceptors (Lipinski definition) is 6. The molecule has 0 fully saturated rings. The van der Waals surface area contributed by atoms with E-state index < -0.39 is 0 Å². The van der Waals surface area contributed by atoms with Crippen molar-refractivity contribution in [1.82, 2.24) is 9.55 Å². The number of imidazole rings is 1. The minimum Gasteiger partial charge on any atom is -0.454 e. The third kappa shape index (κ3) is 1.89. The maximum atomic E-state index is 5.97. The van der Waals surface area contributed by atoms with Crippen molar-refractivity contribution in [3.8, 4) is 11.5 Å². The summed E-state index contributed by atoms with van der Waals surface area (Å²) in [5.74, 6) is 2.40. The molecular formula is C16H12BrN5O2. The number of guanidine groups is 1. The summed E-state index contributed by atoms with van der Waals surface area (Å²) in [6.07, 6.45) is -0.334. The zero-order valence-electron chi connectivity index (χ0n) is 12.4. The summed E-state index contributed by atoms with van der Waals surface area (Å²) >= 11 is 3.54. The van der Waals surface area contributed by atoms with Crippen molar-refractivity contribution in [2.45, 2.75) is 6.17 Å². The van der Waals surface area contributed by atoms with Crippen molar-refractivity contribution in [2.75, 3.05) is 12.1 Å². The molecule has 120 valence electrons. The van der Waals surface area contributed by atoms with E-state index in [0.29, 0.717) is 23.4 Å². The van der Waals surface area contributed by atoms with Crippen LogP contribution in [0.15, 0.2) is 45.9 Å². The number of fused-ring (bicyclic) bond motifs is 4. The van der Waals surface area contributed by atoms with Crippen molar-refractivity contribution in [3.05, 3.63) is 46.4 Å². The number of nitrogens with two attached hydrogens (primary N) is 1. The lowest BCUT2D eigenvalue weighted by Gasteiger charge is -2.24. The number of anilines is 1. The molecule has 0 spiro atoms. The summed E-state index contributed by atoms with van der Waals surface area (Å²) in [6, 6.07) is 11.8. The predicted molar refractivity (Wildman–Crippen MR) is 93.4 cm³/mol. The Labute approximate surface area is 145 Å². The van der Waals surface area contributed by atoms with Crippen LogP contribution in [-0.2, 0) is 0 Å². The molecule has 0 aliphatic carbocycles. The second-order valence-corrected chi connectivity index (χ2v) is 6.40. The highest BCUT2D eigenvalue weighted by atomic mass is 79.9. The minimum atomic E-state index is -0.334. The molecule has 7 nitrogen and oxygen atoms in total. The van der Waals surface area contributed by atoms with E-state index in [-0.39, 0.29) is 13.0 Å². The fourth-order valence-electron chi connectivity index (χ4n) is 3.08. The normalized spacial score (nSPS) is 18.2. The highest BCUT2D eigenvalue weighted by Gasteiger charge is 2.28. The van der Waals surface area contributed by atoms with E-state index in [9.17, 15) is 0 Å². The molecule has 0 saturated carbocycles. The smallest absolute Gasteiger partial charge is 0.231 e. The van der Waals surface area contributed by atoms with Gasteiger partial charge in [-0.2, -0.15) is 0 Å². The zero-order chi connectivity index (χ0) is 16.3. The number of aromatic nitrogens is 2. The van der Waals surface area contributed by atoms with Gasteiger partial charge in [-0.3, -0.25) is 9.88 Å². The Bertz CT molecular complexity index is 1010. The first-order valence-corrected chi connectivity index (χ1v) is 8.16. The van der Waals surface area contributed by atoms with Crippen LogP contribution in [0.25, 0.3) is 11.0 Å². The largest absolute Gasteiger partial charge is 0.454 e. The molecular weight excluding hydrogens is 374 g/mol. The molecule has 1 aromatic heterocycles. The third-order valence-corrected chi connectivity index (χ3v) is 4.68. The van der Waals surface area contributed by atoms with Crippen molar-refractivity contribution in [1.29, 1.82) is 0 Å². The second-order valence-electron chi connectivity index (χ2n) is 5.54. The van der Waals surface area contributed by atoms with Crippen molar-refractivity contribution in [3.63, 3.8) is 0 Å². The number of halogens is 1. The Balaban J connectivity index is 1.74. The Morgan fingerprint density at radius 3 is 3.04 bits per heavy atom. The molecule has 24 heavy (non-hydrogen) atoms.